The van der Waals surface area contributed by atoms with E-state index in [9.17, 15) is 0 Å². The molecule has 0 bridgehead atoms. The molecule has 0 saturated carbocycles. The summed E-state index contributed by atoms with van der Waals surface area (Å²) in [6, 6.07) is 0.406. The van der Waals surface area contributed by atoms with Crippen LogP contribution in [0.25, 0.3) is 0 Å². The minimum absolute atomic E-state index is 0.344. The van der Waals surface area contributed by atoms with E-state index < -0.39 is 0 Å². The summed E-state index contributed by atoms with van der Waals surface area (Å²) < 4.78 is 10.6. The maximum atomic E-state index is 5.99. The molecule has 5 nitrogen and oxygen atoms in total. The highest BCUT2D eigenvalue weighted by Crippen LogP contribution is 2.32. The summed E-state index contributed by atoms with van der Waals surface area (Å²) >= 11 is 5.99. The van der Waals surface area contributed by atoms with Gasteiger partial charge in [-0.25, -0.2) is 9.97 Å². The van der Waals surface area contributed by atoms with E-state index in [0.29, 0.717) is 16.9 Å². The maximum absolute atomic E-state index is 5.99. The zero-order valence-electron chi connectivity index (χ0n) is 10.0. The molecule has 1 saturated heterocycles. The molecule has 0 aromatic carbocycles. The number of halogens is 1. The van der Waals surface area contributed by atoms with Crippen LogP contribution < -0.4 is 9.64 Å². The minimum Gasteiger partial charge on any atom is -0.490 e. The molecule has 0 N–H and O–H groups in total. The molecule has 1 aliphatic rings. The second kappa shape index (κ2) is 5.51. The summed E-state index contributed by atoms with van der Waals surface area (Å²) in [6.45, 7) is 1.58. The third-order valence-corrected chi connectivity index (χ3v) is 3.29. The largest absolute Gasteiger partial charge is 0.490 e. The first-order valence-corrected chi connectivity index (χ1v) is 5.97. The fraction of sp³-hybridized carbons (Fsp3) is 0.636. The second-order valence-electron chi connectivity index (χ2n) is 3.98. The summed E-state index contributed by atoms with van der Waals surface area (Å²) in [7, 11) is 3.57. The van der Waals surface area contributed by atoms with Gasteiger partial charge in [0.05, 0.1) is 7.11 Å². The van der Waals surface area contributed by atoms with Gasteiger partial charge in [0.2, 0.25) is 0 Å². The predicted octanol–water partition coefficient (Wildman–Crippen LogP) is 1.75. The predicted molar refractivity (Wildman–Crippen MR) is 65.8 cm³/mol. The Morgan fingerprint density at radius 2 is 2.12 bits per heavy atom. The molecule has 0 aliphatic carbocycles. The Bertz CT molecular complexity index is 383. The van der Waals surface area contributed by atoms with Gasteiger partial charge in [-0.15, -0.1) is 0 Å². The van der Waals surface area contributed by atoms with Crippen molar-refractivity contribution in [3.8, 4) is 5.75 Å². The molecule has 6 heteroatoms. The lowest BCUT2D eigenvalue weighted by molar-refractivity contribution is 0.0852. The lowest BCUT2D eigenvalue weighted by atomic mass is 10.1. The SMILES string of the molecule is COc1c(Cl)ncnc1N(C)C1CCOCC1. The van der Waals surface area contributed by atoms with E-state index in [2.05, 4.69) is 14.9 Å². The van der Waals surface area contributed by atoms with Gasteiger partial charge in [0, 0.05) is 26.3 Å². The van der Waals surface area contributed by atoms with Crippen LogP contribution >= 0.6 is 11.6 Å². The van der Waals surface area contributed by atoms with Gasteiger partial charge >= 0.3 is 0 Å². The van der Waals surface area contributed by atoms with E-state index in [1.807, 2.05) is 7.05 Å². The molecule has 0 spiro atoms. The van der Waals surface area contributed by atoms with Gasteiger partial charge in [0.1, 0.15) is 6.33 Å². The van der Waals surface area contributed by atoms with Crippen LogP contribution in [0.15, 0.2) is 6.33 Å². The first-order chi connectivity index (χ1) is 8.24. The number of nitrogens with zero attached hydrogens (tertiary/aromatic N) is 3. The Balaban J connectivity index is 2.23. The highest BCUT2D eigenvalue weighted by molar-refractivity contribution is 6.31. The van der Waals surface area contributed by atoms with Crippen LogP contribution in [-0.2, 0) is 4.74 Å². The number of rotatable bonds is 3. The minimum atomic E-state index is 0.344. The van der Waals surface area contributed by atoms with Crippen LogP contribution in [0.1, 0.15) is 12.8 Å². The van der Waals surface area contributed by atoms with Crippen molar-refractivity contribution < 1.29 is 9.47 Å². The molecule has 17 heavy (non-hydrogen) atoms. The monoisotopic (exact) mass is 257 g/mol. The molecule has 0 unspecified atom stereocenters. The van der Waals surface area contributed by atoms with Crippen molar-refractivity contribution in [3.63, 3.8) is 0 Å². The van der Waals surface area contributed by atoms with Gasteiger partial charge in [-0.3, -0.25) is 0 Å². The number of methoxy groups -OCH3 is 1. The van der Waals surface area contributed by atoms with Crippen LogP contribution in [0, 0.1) is 0 Å². The van der Waals surface area contributed by atoms with Crippen LogP contribution in [0.5, 0.6) is 5.75 Å². The van der Waals surface area contributed by atoms with E-state index in [0.717, 1.165) is 31.9 Å². The molecule has 94 valence electrons. The van der Waals surface area contributed by atoms with Gasteiger partial charge in [0.25, 0.3) is 0 Å². The molecule has 0 amide bonds. The van der Waals surface area contributed by atoms with Gasteiger partial charge in [-0.1, -0.05) is 11.6 Å². The molecular formula is C11H16ClN3O2. The van der Waals surface area contributed by atoms with Crippen molar-refractivity contribution in [2.24, 2.45) is 0 Å². The number of hydrogen-bond donors (Lipinski definition) is 0. The highest BCUT2D eigenvalue weighted by Gasteiger charge is 2.23. The fourth-order valence-electron chi connectivity index (χ4n) is 2.02. The lowest BCUT2D eigenvalue weighted by Gasteiger charge is -2.32. The number of ether oxygens (including phenoxy) is 2. The van der Waals surface area contributed by atoms with E-state index >= 15 is 0 Å². The average molecular weight is 258 g/mol. The molecule has 1 aliphatic heterocycles. The van der Waals surface area contributed by atoms with Crippen molar-refractivity contribution in [1.29, 1.82) is 0 Å². The number of aromatic nitrogens is 2. The summed E-state index contributed by atoms with van der Waals surface area (Å²) in [6.07, 6.45) is 3.43. The van der Waals surface area contributed by atoms with Crippen molar-refractivity contribution in [3.05, 3.63) is 11.5 Å². The van der Waals surface area contributed by atoms with E-state index in [1.165, 1.54) is 6.33 Å². The molecule has 0 radical (unpaired) electrons. The average Bonchev–Trinajstić information content (AvgIpc) is 2.38. The van der Waals surface area contributed by atoms with Gasteiger partial charge in [-0.2, -0.15) is 0 Å². The zero-order valence-corrected chi connectivity index (χ0v) is 10.8. The molecule has 2 rings (SSSR count). The Hall–Kier alpha value is -1.07. The first kappa shape index (κ1) is 12.4. The van der Waals surface area contributed by atoms with E-state index in [1.54, 1.807) is 7.11 Å². The Kier molecular flexibility index (Phi) is 4.02. The molecule has 1 aromatic rings. The third kappa shape index (κ3) is 2.61. The summed E-state index contributed by atoms with van der Waals surface area (Å²) in [5.74, 6) is 1.27. The summed E-state index contributed by atoms with van der Waals surface area (Å²) in [5.41, 5.74) is 0. The molecule has 1 fully saturated rings. The summed E-state index contributed by atoms with van der Waals surface area (Å²) in [5, 5.41) is 0.344. The van der Waals surface area contributed by atoms with Crippen molar-refractivity contribution >= 4 is 17.4 Å². The number of anilines is 1. The third-order valence-electron chi connectivity index (χ3n) is 3.02. The topological polar surface area (TPSA) is 47.5 Å². The van der Waals surface area contributed by atoms with Crippen molar-refractivity contribution in [2.75, 3.05) is 32.3 Å². The molecular weight excluding hydrogens is 242 g/mol. The number of hydrogen-bond acceptors (Lipinski definition) is 5. The Labute approximate surface area is 106 Å². The van der Waals surface area contributed by atoms with E-state index in [4.69, 9.17) is 21.1 Å². The van der Waals surface area contributed by atoms with Crippen LogP contribution in [-0.4, -0.2) is 43.4 Å². The Morgan fingerprint density at radius 3 is 2.76 bits per heavy atom. The quantitative estimate of drug-likeness (QED) is 0.772. The van der Waals surface area contributed by atoms with Gasteiger partial charge in [0.15, 0.2) is 16.7 Å². The van der Waals surface area contributed by atoms with Crippen LogP contribution in [0.2, 0.25) is 5.15 Å². The smallest absolute Gasteiger partial charge is 0.199 e. The van der Waals surface area contributed by atoms with Gasteiger partial charge in [-0.05, 0) is 12.8 Å². The van der Waals surface area contributed by atoms with Crippen molar-refractivity contribution in [1.82, 2.24) is 9.97 Å². The van der Waals surface area contributed by atoms with Gasteiger partial charge < -0.3 is 14.4 Å². The first-order valence-electron chi connectivity index (χ1n) is 5.59. The van der Waals surface area contributed by atoms with E-state index in [-0.39, 0.29) is 0 Å². The lowest BCUT2D eigenvalue weighted by Crippen LogP contribution is -2.37. The normalized spacial score (nSPS) is 16.9. The summed E-state index contributed by atoms with van der Waals surface area (Å²) in [4.78, 5) is 10.3. The van der Waals surface area contributed by atoms with Crippen molar-refractivity contribution in [2.45, 2.75) is 18.9 Å². The molecule has 0 atom stereocenters. The zero-order chi connectivity index (χ0) is 12.3. The highest BCUT2D eigenvalue weighted by atomic mass is 35.5. The maximum Gasteiger partial charge on any atom is 0.199 e. The molecule has 2 heterocycles. The molecule has 1 aromatic heterocycles. The van der Waals surface area contributed by atoms with Crippen LogP contribution in [0.4, 0.5) is 5.82 Å². The fourth-order valence-corrected chi connectivity index (χ4v) is 2.22. The van der Waals surface area contributed by atoms with Crippen LogP contribution in [0.3, 0.4) is 0 Å². The standard InChI is InChI=1S/C11H16ClN3O2/c1-15(8-3-5-17-6-4-8)11-9(16-2)10(12)13-7-14-11/h7-8H,3-6H2,1-2H3. The second-order valence-corrected chi connectivity index (χ2v) is 4.33. The Morgan fingerprint density at radius 1 is 1.41 bits per heavy atom.